The summed E-state index contributed by atoms with van der Waals surface area (Å²) in [5, 5.41) is 1.01. The van der Waals surface area contributed by atoms with Gasteiger partial charge in [-0.1, -0.05) is 6.07 Å². The van der Waals surface area contributed by atoms with Gasteiger partial charge in [-0.15, -0.1) is 0 Å². The summed E-state index contributed by atoms with van der Waals surface area (Å²) >= 11 is 0. The number of ether oxygens (including phenoxy) is 3. The van der Waals surface area contributed by atoms with Crippen LogP contribution in [0.5, 0.6) is 23.0 Å². The average Bonchev–Trinajstić information content (AvgIpc) is 2.89. The van der Waals surface area contributed by atoms with Crippen LogP contribution >= 0.6 is 0 Å². The van der Waals surface area contributed by atoms with E-state index in [1.54, 1.807) is 14.2 Å². The quantitative estimate of drug-likeness (QED) is 0.779. The van der Waals surface area contributed by atoms with E-state index >= 15 is 0 Å². The van der Waals surface area contributed by atoms with Gasteiger partial charge in [0.15, 0.2) is 5.75 Å². The molecule has 1 N–H and O–H groups in total. The normalized spacial score (nSPS) is 10.5. The third-order valence-electron chi connectivity index (χ3n) is 3.12. The third-order valence-corrected chi connectivity index (χ3v) is 3.12. The lowest BCUT2D eigenvalue weighted by molar-refractivity contribution is 0.409. The fourth-order valence-electron chi connectivity index (χ4n) is 2.08. The molecule has 4 nitrogen and oxygen atoms in total. The summed E-state index contributed by atoms with van der Waals surface area (Å²) in [6, 6.07) is 13.3. The van der Waals surface area contributed by atoms with Gasteiger partial charge in [0.1, 0.15) is 17.2 Å². The highest BCUT2D eigenvalue weighted by atomic mass is 16.5. The van der Waals surface area contributed by atoms with E-state index in [0.29, 0.717) is 0 Å². The molecule has 2 aromatic carbocycles. The Morgan fingerprint density at radius 2 is 1.60 bits per heavy atom. The summed E-state index contributed by atoms with van der Waals surface area (Å²) in [5.41, 5.74) is 0.974. The van der Waals surface area contributed by atoms with Gasteiger partial charge in [-0.3, -0.25) is 0 Å². The molecule has 102 valence electrons. The van der Waals surface area contributed by atoms with Gasteiger partial charge in [0.25, 0.3) is 0 Å². The molecule has 1 heterocycles. The van der Waals surface area contributed by atoms with Gasteiger partial charge in [-0.25, -0.2) is 0 Å². The Kier molecular flexibility index (Phi) is 3.21. The van der Waals surface area contributed by atoms with Crippen molar-refractivity contribution in [2.24, 2.45) is 0 Å². The summed E-state index contributed by atoms with van der Waals surface area (Å²) in [7, 11) is 3.29. The van der Waals surface area contributed by atoms with Crippen LogP contribution in [0.2, 0.25) is 0 Å². The van der Waals surface area contributed by atoms with Crippen LogP contribution < -0.4 is 14.2 Å². The zero-order chi connectivity index (χ0) is 13.9. The van der Waals surface area contributed by atoms with Crippen molar-refractivity contribution in [3.05, 3.63) is 48.7 Å². The minimum atomic E-state index is 0.737. The first-order chi connectivity index (χ1) is 9.80. The van der Waals surface area contributed by atoms with Crippen molar-refractivity contribution in [2.45, 2.75) is 0 Å². The molecule has 0 aliphatic heterocycles. The van der Waals surface area contributed by atoms with E-state index in [1.807, 2.05) is 48.7 Å². The second kappa shape index (κ2) is 5.17. The lowest BCUT2D eigenvalue weighted by Gasteiger charge is -2.06. The molecule has 4 heteroatoms. The van der Waals surface area contributed by atoms with Crippen molar-refractivity contribution < 1.29 is 14.2 Å². The van der Waals surface area contributed by atoms with E-state index < -0.39 is 0 Å². The largest absolute Gasteiger partial charge is 0.497 e. The van der Waals surface area contributed by atoms with E-state index in [2.05, 4.69) is 4.98 Å². The SMILES string of the molecule is COc1cccc(Oc2c[nH]c3cc(OC)ccc23)c1. The third kappa shape index (κ3) is 2.28. The Hall–Kier alpha value is -2.62. The van der Waals surface area contributed by atoms with Crippen LogP contribution in [-0.4, -0.2) is 19.2 Å². The summed E-state index contributed by atoms with van der Waals surface area (Å²) in [5.74, 6) is 3.09. The molecule has 1 aromatic heterocycles. The predicted octanol–water partition coefficient (Wildman–Crippen LogP) is 3.98. The van der Waals surface area contributed by atoms with Crippen molar-refractivity contribution in [2.75, 3.05) is 14.2 Å². The van der Waals surface area contributed by atoms with E-state index in [0.717, 1.165) is 33.9 Å². The van der Waals surface area contributed by atoms with E-state index in [4.69, 9.17) is 14.2 Å². The molecule has 0 bridgehead atoms. The standard InChI is InChI=1S/C16H15NO3/c1-18-11-4-3-5-13(8-11)20-16-10-17-15-9-12(19-2)6-7-14(15)16/h3-10,17H,1-2H3. The molecule has 0 aliphatic carbocycles. The fourth-order valence-corrected chi connectivity index (χ4v) is 2.08. The fraction of sp³-hybridized carbons (Fsp3) is 0.125. The van der Waals surface area contributed by atoms with E-state index in [1.165, 1.54) is 0 Å². The van der Waals surface area contributed by atoms with Crippen molar-refractivity contribution >= 4 is 10.9 Å². The number of H-pyrrole nitrogens is 1. The Balaban J connectivity index is 1.94. The molecule has 20 heavy (non-hydrogen) atoms. The molecular weight excluding hydrogens is 254 g/mol. The van der Waals surface area contributed by atoms with Gasteiger partial charge >= 0.3 is 0 Å². The number of aromatic amines is 1. The summed E-state index contributed by atoms with van der Waals surface area (Å²) < 4.78 is 16.3. The van der Waals surface area contributed by atoms with Gasteiger partial charge in [0, 0.05) is 23.7 Å². The van der Waals surface area contributed by atoms with Crippen LogP contribution in [-0.2, 0) is 0 Å². The number of methoxy groups -OCH3 is 2. The lowest BCUT2D eigenvalue weighted by atomic mass is 10.2. The predicted molar refractivity (Wildman–Crippen MR) is 77.9 cm³/mol. The number of nitrogens with one attached hydrogen (secondary N) is 1. The summed E-state index contributed by atoms with van der Waals surface area (Å²) in [4.78, 5) is 3.18. The minimum absolute atomic E-state index is 0.737. The zero-order valence-corrected chi connectivity index (χ0v) is 11.3. The van der Waals surface area contributed by atoms with Gasteiger partial charge in [-0.05, 0) is 24.3 Å². The highest BCUT2D eigenvalue weighted by Gasteiger charge is 2.07. The molecular formula is C16H15NO3. The maximum atomic E-state index is 5.90. The number of benzene rings is 2. The Labute approximate surface area is 116 Å². The number of hydrogen-bond acceptors (Lipinski definition) is 3. The topological polar surface area (TPSA) is 43.5 Å². The van der Waals surface area contributed by atoms with Crippen LogP contribution in [0.4, 0.5) is 0 Å². The molecule has 0 saturated heterocycles. The molecule has 0 unspecified atom stereocenters. The summed E-state index contributed by atoms with van der Waals surface area (Å²) in [6.45, 7) is 0. The molecule has 0 radical (unpaired) electrons. The van der Waals surface area contributed by atoms with Gasteiger partial charge < -0.3 is 19.2 Å². The lowest BCUT2D eigenvalue weighted by Crippen LogP contribution is -1.86. The molecule has 0 aliphatic rings. The first-order valence-electron chi connectivity index (χ1n) is 6.27. The van der Waals surface area contributed by atoms with Crippen molar-refractivity contribution in [1.29, 1.82) is 0 Å². The number of fused-ring (bicyclic) bond motifs is 1. The monoisotopic (exact) mass is 269 g/mol. The van der Waals surface area contributed by atoms with Crippen LogP contribution in [0.25, 0.3) is 10.9 Å². The Bertz CT molecular complexity index is 733. The van der Waals surface area contributed by atoms with E-state index in [9.17, 15) is 0 Å². The number of rotatable bonds is 4. The first-order valence-corrected chi connectivity index (χ1v) is 6.27. The van der Waals surface area contributed by atoms with E-state index in [-0.39, 0.29) is 0 Å². The Morgan fingerprint density at radius 1 is 0.850 bits per heavy atom. The van der Waals surface area contributed by atoms with Gasteiger partial charge in [-0.2, -0.15) is 0 Å². The van der Waals surface area contributed by atoms with Crippen LogP contribution in [0, 0.1) is 0 Å². The zero-order valence-electron chi connectivity index (χ0n) is 11.3. The molecule has 3 rings (SSSR count). The number of aromatic nitrogens is 1. The van der Waals surface area contributed by atoms with Gasteiger partial charge in [0.2, 0.25) is 0 Å². The average molecular weight is 269 g/mol. The Morgan fingerprint density at radius 3 is 2.40 bits per heavy atom. The second-order valence-corrected chi connectivity index (χ2v) is 4.35. The highest BCUT2D eigenvalue weighted by Crippen LogP contribution is 2.32. The maximum Gasteiger partial charge on any atom is 0.152 e. The van der Waals surface area contributed by atoms with Crippen molar-refractivity contribution in [3.63, 3.8) is 0 Å². The van der Waals surface area contributed by atoms with Gasteiger partial charge in [0.05, 0.1) is 19.7 Å². The smallest absolute Gasteiger partial charge is 0.152 e. The number of hydrogen-bond donors (Lipinski definition) is 1. The van der Waals surface area contributed by atoms with Crippen LogP contribution in [0.1, 0.15) is 0 Å². The highest BCUT2D eigenvalue weighted by molar-refractivity contribution is 5.87. The molecule has 0 atom stereocenters. The first kappa shape index (κ1) is 12.4. The van der Waals surface area contributed by atoms with Crippen LogP contribution in [0.15, 0.2) is 48.7 Å². The molecule has 0 fully saturated rings. The molecule has 0 amide bonds. The molecule has 0 saturated carbocycles. The molecule has 0 spiro atoms. The van der Waals surface area contributed by atoms with Crippen LogP contribution in [0.3, 0.4) is 0 Å². The van der Waals surface area contributed by atoms with Crippen molar-refractivity contribution in [1.82, 2.24) is 4.98 Å². The minimum Gasteiger partial charge on any atom is -0.497 e. The van der Waals surface area contributed by atoms with Crippen molar-refractivity contribution in [3.8, 4) is 23.0 Å². The summed E-state index contributed by atoms with van der Waals surface area (Å²) in [6.07, 6.45) is 1.84. The second-order valence-electron chi connectivity index (χ2n) is 4.35. The maximum absolute atomic E-state index is 5.90. The molecule has 3 aromatic rings.